The summed E-state index contributed by atoms with van der Waals surface area (Å²) in [5.41, 5.74) is -0.507. The van der Waals surface area contributed by atoms with Crippen LogP contribution >= 0.6 is 23.7 Å². The smallest absolute Gasteiger partial charge is 0.262 e. The second kappa shape index (κ2) is 12.5. The topological polar surface area (TPSA) is 77.4 Å². The quantitative estimate of drug-likeness (QED) is 0.303. The molecule has 1 aliphatic heterocycles. The number of nitrogens with zero attached hydrogens (tertiary/aromatic N) is 2. The lowest BCUT2D eigenvalue weighted by Gasteiger charge is -2.42. The number of nitriles is 1. The van der Waals surface area contributed by atoms with Gasteiger partial charge in [-0.1, -0.05) is 19.3 Å². The Bertz CT molecular complexity index is 1130. The van der Waals surface area contributed by atoms with Gasteiger partial charge in [-0.3, -0.25) is 9.52 Å². The van der Waals surface area contributed by atoms with Crippen LogP contribution in [-0.2, 0) is 9.53 Å². The lowest BCUT2D eigenvalue weighted by Crippen LogP contribution is -2.52. The highest BCUT2D eigenvalue weighted by Crippen LogP contribution is 2.34. The zero-order valence-electron chi connectivity index (χ0n) is 21.1. The Morgan fingerprint density at radius 1 is 1.19 bits per heavy atom. The molecule has 0 spiro atoms. The molecule has 0 bridgehead atoms. The number of halogens is 2. The Morgan fingerprint density at radius 3 is 2.51 bits per heavy atom. The normalized spacial score (nSPS) is 18.5. The van der Waals surface area contributed by atoms with E-state index < -0.39 is 11.4 Å². The van der Waals surface area contributed by atoms with Gasteiger partial charge in [0.2, 0.25) is 0 Å². The number of carbonyl (C=O) groups excluding carboxylic acids is 1. The number of amides is 1. The van der Waals surface area contributed by atoms with Crippen molar-refractivity contribution in [2.75, 3.05) is 38.3 Å². The molecular formula is C27H32F2N4O2S2. The van der Waals surface area contributed by atoms with Crippen LogP contribution in [-0.4, -0.2) is 55.4 Å². The van der Waals surface area contributed by atoms with Crippen LogP contribution in [0.5, 0.6) is 0 Å². The number of benzene rings is 2. The monoisotopic (exact) mass is 546 g/mol. The standard InChI is InChI=1S/C27H32F2N4O2S2/c1-33-15-19(16-33)24(17-36-21-8-6-20(28)7-9-21)31-25-18(14-30)12-22(13-23(25)29)37-32-26(34)27(35-2)10-4-3-5-11-27/h6-9,12-13,19,24,31H,3-5,10-11,15-17H2,1-2H3,(H,32,34). The van der Waals surface area contributed by atoms with Crippen molar-refractivity contribution < 1.29 is 18.3 Å². The maximum absolute atomic E-state index is 15.3. The maximum atomic E-state index is 15.3. The van der Waals surface area contributed by atoms with Crippen LogP contribution in [0, 0.1) is 28.9 Å². The summed E-state index contributed by atoms with van der Waals surface area (Å²) in [4.78, 5) is 16.4. The Morgan fingerprint density at radius 2 is 1.89 bits per heavy atom. The van der Waals surface area contributed by atoms with Gasteiger partial charge in [0.1, 0.15) is 23.3 Å². The molecule has 2 aromatic carbocycles. The molecule has 2 fully saturated rings. The lowest BCUT2D eigenvalue weighted by atomic mass is 9.84. The SMILES string of the molecule is COC1(C(=O)NSc2cc(F)c(NC(CSc3ccc(F)cc3)C3CN(C)C3)c(C#N)c2)CCCCC1. The predicted molar refractivity (Wildman–Crippen MR) is 143 cm³/mol. The van der Waals surface area contributed by atoms with Gasteiger partial charge >= 0.3 is 0 Å². The molecule has 1 aliphatic carbocycles. The second-order valence-corrected chi connectivity index (χ2v) is 11.7. The van der Waals surface area contributed by atoms with Crippen molar-refractivity contribution in [2.24, 2.45) is 5.92 Å². The first-order valence-corrected chi connectivity index (χ1v) is 14.2. The van der Waals surface area contributed by atoms with E-state index in [2.05, 4.69) is 21.0 Å². The van der Waals surface area contributed by atoms with Crippen LogP contribution in [0.4, 0.5) is 14.5 Å². The third kappa shape index (κ3) is 6.77. The summed E-state index contributed by atoms with van der Waals surface area (Å²) in [6.07, 6.45) is 4.25. The number of thioether (sulfide) groups is 1. The molecule has 1 atom stereocenters. The van der Waals surface area contributed by atoms with E-state index in [4.69, 9.17) is 4.74 Å². The minimum Gasteiger partial charge on any atom is -0.378 e. The van der Waals surface area contributed by atoms with Crippen molar-refractivity contribution in [1.29, 1.82) is 5.26 Å². The summed E-state index contributed by atoms with van der Waals surface area (Å²) < 4.78 is 37.0. The zero-order valence-corrected chi connectivity index (χ0v) is 22.7. The largest absolute Gasteiger partial charge is 0.378 e. The fourth-order valence-electron chi connectivity index (χ4n) is 4.92. The summed E-state index contributed by atoms with van der Waals surface area (Å²) in [5, 5.41) is 13.1. The van der Waals surface area contributed by atoms with Crippen molar-refractivity contribution in [2.45, 2.75) is 53.5 Å². The summed E-state index contributed by atoms with van der Waals surface area (Å²) in [6, 6.07) is 11.3. The first-order valence-electron chi connectivity index (χ1n) is 12.4. The summed E-state index contributed by atoms with van der Waals surface area (Å²) in [5.74, 6) is -0.129. The van der Waals surface area contributed by atoms with E-state index in [9.17, 15) is 14.4 Å². The highest BCUT2D eigenvalue weighted by molar-refractivity contribution is 7.99. The molecule has 10 heteroatoms. The van der Waals surface area contributed by atoms with Crippen LogP contribution in [0.1, 0.15) is 37.7 Å². The second-order valence-electron chi connectivity index (χ2n) is 9.73. The molecule has 0 radical (unpaired) electrons. The average molecular weight is 547 g/mol. The number of anilines is 1. The number of rotatable bonds is 10. The third-order valence-electron chi connectivity index (χ3n) is 7.15. The fraction of sp³-hybridized carbons (Fsp3) is 0.481. The van der Waals surface area contributed by atoms with Crippen LogP contribution in [0.3, 0.4) is 0 Å². The number of carbonyl (C=O) groups is 1. The van der Waals surface area contributed by atoms with Crippen molar-refractivity contribution >= 4 is 35.3 Å². The Balaban J connectivity index is 1.45. The van der Waals surface area contributed by atoms with E-state index in [1.165, 1.54) is 18.2 Å². The molecule has 1 unspecified atom stereocenters. The van der Waals surface area contributed by atoms with Crippen LogP contribution in [0.15, 0.2) is 46.2 Å². The van der Waals surface area contributed by atoms with Gasteiger partial charge in [0.05, 0.1) is 11.3 Å². The molecular weight excluding hydrogens is 514 g/mol. The third-order valence-corrected chi connectivity index (χ3v) is 9.04. The molecule has 4 rings (SSSR count). The summed E-state index contributed by atoms with van der Waals surface area (Å²) in [6.45, 7) is 1.73. The van der Waals surface area contributed by atoms with Crippen molar-refractivity contribution in [1.82, 2.24) is 9.62 Å². The number of ether oxygens (including phenoxy) is 1. The van der Waals surface area contributed by atoms with Gasteiger partial charge in [0.25, 0.3) is 5.91 Å². The van der Waals surface area contributed by atoms with Gasteiger partial charge < -0.3 is 15.0 Å². The zero-order chi connectivity index (χ0) is 26.4. The minimum atomic E-state index is -0.852. The van der Waals surface area contributed by atoms with Crippen LogP contribution < -0.4 is 10.0 Å². The Hall–Kier alpha value is -2.32. The molecule has 0 aromatic heterocycles. The first kappa shape index (κ1) is 27.7. The van der Waals surface area contributed by atoms with Crippen LogP contribution in [0.25, 0.3) is 0 Å². The van der Waals surface area contributed by atoms with E-state index in [0.717, 1.165) is 49.2 Å². The predicted octanol–water partition coefficient (Wildman–Crippen LogP) is 5.44. The molecule has 2 N–H and O–H groups in total. The van der Waals surface area contributed by atoms with Gasteiger partial charge in [-0.2, -0.15) is 5.26 Å². The lowest BCUT2D eigenvalue weighted by molar-refractivity contribution is -0.145. The van der Waals surface area contributed by atoms with Crippen LogP contribution in [0.2, 0.25) is 0 Å². The Kier molecular flexibility index (Phi) is 9.35. The molecule has 1 saturated heterocycles. The van der Waals surface area contributed by atoms with E-state index in [0.29, 0.717) is 23.5 Å². The average Bonchev–Trinajstić information content (AvgIpc) is 2.90. The van der Waals surface area contributed by atoms with Gasteiger partial charge in [-0.15, -0.1) is 11.8 Å². The maximum Gasteiger partial charge on any atom is 0.262 e. The highest BCUT2D eigenvalue weighted by Gasteiger charge is 2.39. The van der Waals surface area contributed by atoms with E-state index in [1.54, 1.807) is 37.1 Å². The molecule has 2 aliphatic rings. The van der Waals surface area contributed by atoms with Gasteiger partial charge in [-0.05, 0) is 68.2 Å². The molecule has 2 aromatic rings. The van der Waals surface area contributed by atoms with E-state index in [-0.39, 0.29) is 34.9 Å². The number of methoxy groups -OCH3 is 1. The van der Waals surface area contributed by atoms with Gasteiger partial charge in [0, 0.05) is 47.7 Å². The number of likely N-dealkylation sites (tertiary alicyclic amines) is 1. The summed E-state index contributed by atoms with van der Waals surface area (Å²) in [7, 11) is 3.58. The molecule has 1 saturated carbocycles. The summed E-state index contributed by atoms with van der Waals surface area (Å²) >= 11 is 2.57. The fourth-order valence-corrected chi connectivity index (χ4v) is 6.71. The minimum absolute atomic E-state index is 0.0843. The Labute approximate surface area is 225 Å². The number of nitrogens with one attached hydrogen (secondary N) is 2. The number of hydrogen-bond donors (Lipinski definition) is 2. The van der Waals surface area contributed by atoms with Crippen molar-refractivity contribution in [3.8, 4) is 6.07 Å². The van der Waals surface area contributed by atoms with Crippen molar-refractivity contribution in [3.63, 3.8) is 0 Å². The highest BCUT2D eigenvalue weighted by atomic mass is 32.2. The van der Waals surface area contributed by atoms with E-state index >= 15 is 4.39 Å². The van der Waals surface area contributed by atoms with Crippen molar-refractivity contribution in [3.05, 3.63) is 53.6 Å². The van der Waals surface area contributed by atoms with Gasteiger partial charge in [0.15, 0.2) is 0 Å². The molecule has 198 valence electrons. The van der Waals surface area contributed by atoms with Gasteiger partial charge in [-0.25, -0.2) is 8.78 Å². The molecule has 37 heavy (non-hydrogen) atoms. The number of hydrogen-bond acceptors (Lipinski definition) is 7. The molecule has 1 heterocycles. The van der Waals surface area contributed by atoms with E-state index in [1.807, 2.05) is 7.05 Å². The first-order chi connectivity index (χ1) is 17.8. The molecule has 1 amide bonds. The molecule has 6 nitrogen and oxygen atoms in total.